The highest BCUT2D eigenvalue weighted by atomic mass is 16.2. The molecule has 1 aliphatic carbocycles. The number of hydrogen-bond acceptors (Lipinski definition) is 2. The largest absolute Gasteiger partial charge is 0.328 e. The van der Waals surface area contributed by atoms with Crippen molar-refractivity contribution in [1.29, 1.82) is 0 Å². The Morgan fingerprint density at radius 1 is 1.53 bits per heavy atom. The van der Waals surface area contributed by atoms with Crippen LogP contribution in [0.15, 0.2) is 0 Å². The fourth-order valence-corrected chi connectivity index (χ4v) is 2.39. The number of carbonyl (C=O) groups is 1. The first kappa shape index (κ1) is 10.9. The van der Waals surface area contributed by atoms with Gasteiger partial charge in [-0.15, -0.1) is 0 Å². The van der Waals surface area contributed by atoms with Gasteiger partial charge in [0.25, 0.3) is 0 Å². The van der Waals surface area contributed by atoms with Crippen LogP contribution >= 0.6 is 0 Å². The summed E-state index contributed by atoms with van der Waals surface area (Å²) in [6, 6.07) is 0.0788. The van der Waals surface area contributed by atoms with Crippen LogP contribution in [0.1, 0.15) is 39.5 Å². The summed E-state index contributed by atoms with van der Waals surface area (Å²) in [6.45, 7) is 6.06. The molecule has 2 atom stereocenters. The molecule has 0 radical (unpaired) electrons. The Bertz CT molecular complexity index is 238. The Kier molecular flexibility index (Phi) is 3.29. The number of amides is 1. The molecular weight excluding hydrogens is 188 g/mol. The standard InChI is InChI=1S/C12H22N2O/c1-3-9(2)11-12(15)14(8-13-11)7-10-5-4-6-10/h9-11,13H,3-8H2,1-2H3. The van der Waals surface area contributed by atoms with Gasteiger partial charge in [0.2, 0.25) is 5.91 Å². The molecule has 1 saturated carbocycles. The number of rotatable bonds is 4. The van der Waals surface area contributed by atoms with E-state index in [4.69, 9.17) is 0 Å². The molecule has 2 rings (SSSR count). The van der Waals surface area contributed by atoms with Gasteiger partial charge in [-0.05, 0) is 24.7 Å². The minimum atomic E-state index is 0.0788. The van der Waals surface area contributed by atoms with Gasteiger partial charge >= 0.3 is 0 Å². The fourth-order valence-electron chi connectivity index (χ4n) is 2.39. The van der Waals surface area contributed by atoms with Gasteiger partial charge in [0.15, 0.2) is 0 Å². The molecule has 0 aromatic carbocycles. The van der Waals surface area contributed by atoms with E-state index in [2.05, 4.69) is 19.2 Å². The molecule has 2 fully saturated rings. The topological polar surface area (TPSA) is 32.3 Å². The van der Waals surface area contributed by atoms with Gasteiger partial charge in [-0.25, -0.2) is 0 Å². The highest BCUT2D eigenvalue weighted by molar-refractivity contribution is 5.84. The van der Waals surface area contributed by atoms with Crippen LogP contribution in [0.2, 0.25) is 0 Å². The lowest BCUT2D eigenvalue weighted by Crippen LogP contribution is -2.38. The van der Waals surface area contributed by atoms with Crippen LogP contribution in [0, 0.1) is 11.8 Å². The van der Waals surface area contributed by atoms with Crippen molar-refractivity contribution in [3.63, 3.8) is 0 Å². The molecule has 0 spiro atoms. The molecule has 1 N–H and O–H groups in total. The number of hydrogen-bond donors (Lipinski definition) is 1. The first-order valence-electron chi connectivity index (χ1n) is 6.24. The third-order valence-electron chi connectivity index (χ3n) is 4.00. The van der Waals surface area contributed by atoms with Crippen molar-refractivity contribution in [3.05, 3.63) is 0 Å². The maximum Gasteiger partial charge on any atom is 0.241 e. The van der Waals surface area contributed by atoms with Gasteiger partial charge < -0.3 is 4.90 Å². The molecule has 1 aliphatic heterocycles. The molecule has 2 unspecified atom stereocenters. The van der Waals surface area contributed by atoms with E-state index in [1.54, 1.807) is 0 Å². The van der Waals surface area contributed by atoms with Gasteiger partial charge in [-0.3, -0.25) is 10.1 Å². The van der Waals surface area contributed by atoms with Crippen molar-refractivity contribution in [2.45, 2.75) is 45.6 Å². The summed E-state index contributed by atoms with van der Waals surface area (Å²) in [5.41, 5.74) is 0. The van der Waals surface area contributed by atoms with Crippen molar-refractivity contribution in [1.82, 2.24) is 10.2 Å². The lowest BCUT2D eigenvalue weighted by atomic mass is 9.85. The van der Waals surface area contributed by atoms with Crippen molar-refractivity contribution in [3.8, 4) is 0 Å². The molecule has 0 bridgehead atoms. The zero-order valence-electron chi connectivity index (χ0n) is 9.83. The van der Waals surface area contributed by atoms with E-state index in [9.17, 15) is 4.79 Å². The van der Waals surface area contributed by atoms with Crippen LogP contribution in [0.5, 0.6) is 0 Å². The third kappa shape index (κ3) is 2.17. The summed E-state index contributed by atoms with van der Waals surface area (Å²) in [6.07, 6.45) is 5.06. The van der Waals surface area contributed by atoms with Crippen molar-refractivity contribution in [2.24, 2.45) is 11.8 Å². The van der Waals surface area contributed by atoms with E-state index in [1.807, 2.05) is 4.90 Å². The first-order chi connectivity index (χ1) is 7.22. The molecule has 1 saturated heterocycles. The third-order valence-corrected chi connectivity index (χ3v) is 4.00. The number of nitrogens with zero attached hydrogens (tertiary/aromatic N) is 1. The second kappa shape index (κ2) is 4.52. The fraction of sp³-hybridized carbons (Fsp3) is 0.917. The molecule has 3 nitrogen and oxygen atoms in total. The van der Waals surface area contributed by atoms with Crippen LogP contribution in [-0.4, -0.2) is 30.1 Å². The summed E-state index contributed by atoms with van der Waals surface area (Å²) in [4.78, 5) is 14.1. The maximum absolute atomic E-state index is 12.0. The number of nitrogens with one attached hydrogen (secondary N) is 1. The monoisotopic (exact) mass is 210 g/mol. The van der Waals surface area contributed by atoms with Gasteiger partial charge in [0, 0.05) is 6.54 Å². The lowest BCUT2D eigenvalue weighted by molar-refractivity contribution is -0.130. The highest BCUT2D eigenvalue weighted by Gasteiger charge is 2.35. The minimum Gasteiger partial charge on any atom is -0.328 e. The Balaban J connectivity index is 1.85. The molecule has 86 valence electrons. The van der Waals surface area contributed by atoms with Crippen LogP contribution in [0.3, 0.4) is 0 Å². The molecule has 2 aliphatic rings. The zero-order valence-corrected chi connectivity index (χ0v) is 9.83. The molecule has 1 amide bonds. The molecule has 0 aromatic rings. The summed E-state index contributed by atoms with van der Waals surface area (Å²) < 4.78 is 0. The van der Waals surface area contributed by atoms with E-state index < -0.39 is 0 Å². The van der Waals surface area contributed by atoms with Gasteiger partial charge in [0.1, 0.15) is 0 Å². The smallest absolute Gasteiger partial charge is 0.241 e. The second-order valence-corrected chi connectivity index (χ2v) is 5.08. The summed E-state index contributed by atoms with van der Waals surface area (Å²) in [7, 11) is 0. The molecule has 15 heavy (non-hydrogen) atoms. The SMILES string of the molecule is CCC(C)C1NCN(CC2CCC2)C1=O. The Labute approximate surface area is 92.2 Å². The Morgan fingerprint density at radius 3 is 2.80 bits per heavy atom. The van der Waals surface area contributed by atoms with Crippen LogP contribution in [0.25, 0.3) is 0 Å². The summed E-state index contributed by atoms with van der Waals surface area (Å²) in [5.74, 6) is 1.58. The van der Waals surface area contributed by atoms with Crippen molar-refractivity contribution in [2.75, 3.05) is 13.2 Å². The highest BCUT2D eigenvalue weighted by Crippen LogP contribution is 2.28. The molecule has 1 heterocycles. The Morgan fingerprint density at radius 2 is 2.27 bits per heavy atom. The second-order valence-electron chi connectivity index (χ2n) is 5.08. The molecule has 0 aromatic heterocycles. The lowest BCUT2D eigenvalue weighted by Gasteiger charge is -2.29. The summed E-state index contributed by atoms with van der Waals surface area (Å²) in [5, 5.41) is 3.34. The van der Waals surface area contributed by atoms with Crippen LogP contribution in [-0.2, 0) is 4.79 Å². The van der Waals surface area contributed by atoms with Gasteiger partial charge in [0.05, 0.1) is 12.7 Å². The van der Waals surface area contributed by atoms with E-state index >= 15 is 0 Å². The normalized spacial score (nSPS) is 29.3. The van der Waals surface area contributed by atoms with Gasteiger partial charge in [-0.1, -0.05) is 26.7 Å². The van der Waals surface area contributed by atoms with E-state index in [0.29, 0.717) is 11.8 Å². The predicted octanol–water partition coefficient (Wildman–Crippen LogP) is 1.59. The van der Waals surface area contributed by atoms with Gasteiger partial charge in [-0.2, -0.15) is 0 Å². The Hall–Kier alpha value is -0.570. The van der Waals surface area contributed by atoms with E-state index in [1.165, 1.54) is 19.3 Å². The predicted molar refractivity (Wildman–Crippen MR) is 60.3 cm³/mol. The average Bonchev–Trinajstić information content (AvgIpc) is 2.53. The summed E-state index contributed by atoms with van der Waals surface area (Å²) >= 11 is 0. The molecule has 3 heteroatoms. The van der Waals surface area contributed by atoms with Crippen molar-refractivity contribution < 1.29 is 4.79 Å². The quantitative estimate of drug-likeness (QED) is 0.764. The maximum atomic E-state index is 12.0. The minimum absolute atomic E-state index is 0.0788. The van der Waals surface area contributed by atoms with E-state index in [-0.39, 0.29) is 6.04 Å². The first-order valence-corrected chi connectivity index (χ1v) is 6.24. The van der Waals surface area contributed by atoms with Crippen LogP contribution in [0.4, 0.5) is 0 Å². The van der Waals surface area contributed by atoms with E-state index in [0.717, 1.165) is 25.6 Å². The van der Waals surface area contributed by atoms with Crippen molar-refractivity contribution >= 4 is 5.91 Å². The van der Waals surface area contributed by atoms with Crippen LogP contribution < -0.4 is 5.32 Å². The molecular formula is C12H22N2O. The number of carbonyl (C=O) groups excluding carboxylic acids is 1. The zero-order chi connectivity index (χ0) is 10.8. The average molecular weight is 210 g/mol.